The summed E-state index contributed by atoms with van der Waals surface area (Å²) in [4.78, 5) is 20.6. The van der Waals surface area contributed by atoms with Crippen molar-refractivity contribution in [3.63, 3.8) is 0 Å². The van der Waals surface area contributed by atoms with Gasteiger partial charge in [-0.1, -0.05) is 90.1 Å². The van der Waals surface area contributed by atoms with Gasteiger partial charge in [0.15, 0.2) is 11.5 Å². The zero-order chi connectivity index (χ0) is 76.0. The lowest BCUT2D eigenvalue weighted by molar-refractivity contribution is 0.0179. The Morgan fingerprint density at radius 1 is 0.396 bits per heavy atom. The minimum absolute atomic E-state index is 0.159. The van der Waals surface area contributed by atoms with Crippen LogP contribution in [0.4, 0.5) is 0 Å². The molecule has 1 fully saturated rings. The quantitative estimate of drug-likeness (QED) is 0.0338. The summed E-state index contributed by atoms with van der Waals surface area (Å²) in [5, 5.41) is 9.11. The second kappa shape index (κ2) is 41.5. The highest BCUT2D eigenvalue weighted by molar-refractivity contribution is 5.94. The normalized spacial score (nSPS) is 13.3. The molecule has 2 N–H and O–H groups in total. The van der Waals surface area contributed by atoms with E-state index in [4.69, 9.17) is 81.0 Å². The Balaban J connectivity index is 0.800. The van der Waals surface area contributed by atoms with Crippen LogP contribution < -0.4 is 28.4 Å². The van der Waals surface area contributed by atoms with Crippen LogP contribution >= 0.6 is 0 Å². The number of methoxy groups -OCH3 is 3. The number of aromatic amines is 2. The first-order chi connectivity index (χ1) is 54.8. The van der Waals surface area contributed by atoms with E-state index in [0.717, 1.165) is 101 Å². The van der Waals surface area contributed by atoms with E-state index < -0.39 is 0 Å². The van der Waals surface area contributed by atoms with E-state index in [-0.39, 0.29) is 19.8 Å². The van der Waals surface area contributed by atoms with E-state index in [1.165, 1.54) is 18.4 Å². The van der Waals surface area contributed by atoms with Crippen LogP contribution in [-0.2, 0) is 69.0 Å². The summed E-state index contributed by atoms with van der Waals surface area (Å²) in [7, 11) is 7.15. The summed E-state index contributed by atoms with van der Waals surface area (Å²) >= 11 is 0. The first-order valence-electron chi connectivity index (χ1n) is 37.8. The van der Waals surface area contributed by atoms with E-state index in [9.17, 15) is 0 Å². The van der Waals surface area contributed by atoms with E-state index in [2.05, 4.69) is 123 Å². The van der Waals surface area contributed by atoms with Gasteiger partial charge in [0.05, 0.1) is 135 Å². The lowest BCUT2D eigenvalue weighted by Gasteiger charge is -2.20. The molecule has 0 amide bonds. The molecule has 0 saturated carbocycles. The van der Waals surface area contributed by atoms with Crippen LogP contribution in [0.15, 0.2) is 176 Å². The summed E-state index contributed by atoms with van der Waals surface area (Å²) in [5.41, 5.74) is 16.9. The standard InChI is InChI=1S/C88H98N8O15/c1-95-35-5-6-83(95)68-19-17-67(18-20-68)82-59-96(94-93-82)58-63-7-15-69(16-8-63)86-78-31-21-71(89-78)56-73-23-33-80(91-73)87(81-34-24-74(92-81)57-72-22-32-79(86)90-72)70-54-84(109-60-64-9-25-75(26-10-64)106-51-48-103-45-42-100-39-36-97-2)88(111-62-66-13-29-77(30-14-66)108-53-50-105-47-44-102-41-38-99-4)85(55-70)110-61-65-11-27-76(28-12-65)107-52-49-104-46-43-101-40-37-98-3/h7-34,54-57,59,83,89,92H,5-6,35-53,58,60-62H2,1-4H3. The Kier molecular flexibility index (Phi) is 29.4. The van der Waals surface area contributed by atoms with E-state index in [0.29, 0.717) is 172 Å². The van der Waals surface area contributed by atoms with Crippen molar-refractivity contribution in [1.29, 1.82) is 0 Å². The maximum atomic E-state index is 7.00. The Morgan fingerprint density at radius 2 is 0.811 bits per heavy atom. The highest BCUT2D eigenvalue weighted by atomic mass is 16.6. The fourth-order valence-electron chi connectivity index (χ4n) is 13.0. The highest BCUT2D eigenvalue weighted by Gasteiger charge is 2.24. The zero-order valence-corrected chi connectivity index (χ0v) is 63.6. The van der Waals surface area contributed by atoms with Gasteiger partial charge in [-0.3, -0.25) is 4.90 Å². The molecule has 23 nitrogen and oxygen atoms in total. The van der Waals surface area contributed by atoms with Crippen LogP contribution in [0.2, 0.25) is 0 Å². The van der Waals surface area contributed by atoms with Crippen molar-refractivity contribution in [1.82, 2.24) is 39.8 Å². The van der Waals surface area contributed by atoms with Crippen LogP contribution in [0.25, 0.3) is 79.9 Å². The number of nitrogens with zero attached hydrogens (tertiary/aromatic N) is 6. The molecule has 6 aromatic carbocycles. The van der Waals surface area contributed by atoms with E-state index in [1.807, 2.05) is 114 Å². The molecule has 1 unspecified atom stereocenters. The van der Waals surface area contributed by atoms with Gasteiger partial charge in [0.1, 0.15) is 62.6 Å². The zero-order valence-electron chi connectivity index (χ0n) is 63.6. The number of aromatic nitrogens is 7. The summed E-state index contributed by atoms with van der Waals surface area (Å²) in [6.07, 6.45) is 12.6. The lowest BCUT2D eigenvalue weighted by atomic mass is 10.0. The van der Waals surface area contributed by atoms with Crippen molar-refractivity contribution in [3.8, 4) is 68.0 Å². The van der Waals surface area contributed by atoms with Gasteiger partial charge in [-0.2, -0.15) is 0 Å². The minimum Gasteiger partial charge on any atom is -0.491 e. The Bertz CT molecular complexity index is 4690. The van der Waals surface area contributed by atoms with Gasteiger partial charge in [0.25, 0.3) is 0 Å². The summed E-state index contributed by atoms with van der Waals surface area (Å²) < 4.78 is 90.0. The lowest BCUT2D eigenvalue weighted by Crippen LogP contribution is -2.17. The Hall–Kier alpha value is -10.5. The largest absolute Gasteiger partial charge is 0.491 e. The molecule has 1 saturated heterocycles. The van der Waals surface area contributed by atoms with Gasteiger partial charge in [-0.25, -0.2) is 14.6 Å². The Morgan fingerprint density at radius 3 is 1.25 bits per heavy atom. The number of fused-ring (bicyclic) bond motifs is 8. The van der Waals surface area contributed by atoms with Crippen molar-refractivity contribution in [2.45, 2.75) is 45.2 Å². The molecule has 3 aliphatic heterocycles. The molecule has 0 spiro atoms. The van der Waals surface area contributed by atoms with Crippen molar-refractivity contribution in [2.24, 2.45) is 0 Å². The molecule has 111 heavy (non-hydrogen) atoms. The predicted octanol–water partition coefficient (Wildman–Crippen LogP) is 15.0. The van der Waals surface area contributed by atoms with E-state index >= 15 is 0 Å². The van der Waals surface area contributed by atoms with Crippen LogP contribution in [-0.4, -0.2) is 194 Å². The second-order valence-electron chi connectivity index (χ2n) is 26.8. The number of H-pyrrole nitrogens is 2. The van der Waals surface area contributed by atoms with Crippen molar-refractivity contribution in [2.75, 3.05) is 154 Å². The number of hydrogen-bond acceptors (Lipinski definition) is 20. The summed E-state index contributed by atoms with van der Waals surface area (Å²) in [6.45, 7) is 10.5. The number of likely N-dealkylation sites (tertiary alicyclic amines) is 1. The van der Waals surface area contributed by atoms with Crippen LogP contribution in [0, 0.1) is 0 Å². The second-order valence-corrected chi connectivity index (χ2v) is 26.8. The number of nitrogens with one attached hydrogen (secondary N) is 2. The van der Waals surface area contributed by atoms with Crippen molar-refractivity contribution in [3.05, 3.63) is 227 Å². The molecule has 3 aliphatic rings. The number of benzene rings is 6. The molecular weight excluding hydrogens is 1410 g/mol. The predicted molar refractivity (Wildman–Crippen MR) is 428 cm³/mol. The molecule has 1 atom stereocenters. The van der Waals surface area contributed by atoms with Crippen LogP contribution in [0.1, 0.15) is 69.5 Å². The first-order valence-corrected chi connectivity index (χ1v) is 37.8. The molecule has 0 aliphatic carbocycles. The molecular formula is C88H98N8O15. The molecule has 4 aromatic heterocycles. The Labute approximate surface area is 647 Å². The van der Waals surface area contributed by atoms with Gasteiger partial charge in [-0.15, -0.1) is 5.10 Å². The average Bonchev–Trinajstić information content (AvgIpc) is 0.809. The summed E-state index contributed by atoms with van der Waals surface area (Å²) in [6, 6.07) is 57.7. The third kappa shape index (κ3) is 23.0. The van der Waals surface area contributed by atoms with Crippen LogP contribution in [0.5, 0.6) is 34.5 Å². The third-order valence-corrected chi connectivity index (χ3v) is 18.8. The molecule has 23 heteroatoms. The number of hydrogen-bond donors (Lipinski definition) is 2. The first kappa shape index (κ1) is 78.6. The fourth-order valence-corrected chi connectivity index (χ4v) is 13.0. The van der Waals surface area contributed by atoms with Gasteiger partial charge >= 0.3 is 0 Å². The molecule has 7 heterocycles. The molecule has 580 valence electrons. The third-order valence-electron chi connectivity index (χ3n) is 18.8. The molecule has 0 radical (unpaired) electrons. The van der Waals surface area contributed by atoms with Gasteiger partial charge < -0.3 is 81.0 Å². The topological polar surface area (TPSA) is 230 Å². The minimum atomic E-state index is 0.159. The van der Waals surface area contributed by atoms with Crippen LogP contribution in [0.3, 0.4) is 0 Å². The molecule has 8 bridgehead atoms. The van der Waals surface area contributed by atoms with Gasteiger partial charge in [0.2, 0.25) is 5.75 Å². The van der Waals surface area contributed by atoms with Crippen molar-refractivity contribution >= 4 is 46.4 Å². The maximum absolute atomic E-state index is 7.00. The maximum Gasteiger partial charge on any atom is 0.203 e. The molecule has 13 rings (SSSR count). The van der Waals surface area contributed by atoms with Crippen molar-refractivity contribution < 1.29 is 71.1 Å². The van der Waals surface area contributed by atoms with Gasteiger partial charge in [0, 0.05) is 66.1 Å². The summed E-state index contributed by atoms with van der Waals surface area (Å²) in [5.74, 6) is 3.35. The fraction of sp³-hybridized carbons (Fsp3) is 0.341. The molecule has 10 aromatic rings. The number of rotatable bonds is 45. The van der Waals surface area contributed by atoms with E-state index in [1.54, 1.807) is 21.3 Å². The smallest absolute Gasteiger partial charge is 0.203 e. The monoisotopic (exact) mass is 1510 g/mol. The average molecular weight is 1510 g/mol. The van der Waals surface area contributed by atoms with Gasteiger partial charge in [-0.05, 0) is 175 Å². The highest BCUT2D eigenvalue weighted by Crippen LogP contribution is 2.45. The SMILES string of the molecule is COCCOCCOCCOc1ccc(COc2cc(-c3c4nc(cc5ccc([nH]5)c(-c5ccc(Cn6cc(-c7ccc(C8CCCN8C)cc7)nn6)cc5)c5nc(cc6ccc3[nH]6)C=C5)C=C4)cc(OCc3ccc(OCCOCCOCCOC)cc3)c2OCc2ccc(OCCOCCOCCOC)cc2)cc1. The number of ether oxygens (including phenoxy) is 15.